The number of halogens is 1. The van der Waals surface area contributed by atoms with Crippen LogP contribution in [-0.2, 0) is 9.53 Å². The average molecular weight is 330 g/mol. The molecule has 6 nitrogen and oxygen atoms in total. The largest absolute Gasteiger partial charge is 0.468 e. The van der Waals surface area contributed by atoms with E-state index in [0.29, 0.717) is 17.1 Å². The molecule has 0 unspecified atom stereocenters. The molecule has 1 aromatic heterocycles. The van der Waals surface area contributed by atoms with Gasteiger partial charge >= 0.3 is 12.0 Å². The van der Waals surface area contributed by atoms with Gasteiger partial charge in [-0.3, -0.25) is 4.79 Å². The number of nitrogens with one attached hydrogen (secondary N) is 2. The van der Waals surface area contributed by atoms with Gasteiger partial charge in [0.15, 0.2) is 0 Å². The maximum absolute atomic E-state index is 13.0. The summed E-state index contributed by atoms with van der Waals surface area (Å²) in [5.41, 5.74) is 0.909. The molecule has 1 saturated heterocycles. The molecule has 0 aliphatic carbocycles. The van der Waals surface area contributed by atoms with Crippen LogP contribution in [0.25, 0.3) is 11.3 Å². The standard InChI is InChI=1S/C17H15FN2O4/c1-9-14(16(21)23-2)15(20-17(22)19-9)13-8-7-12(24-13)10-3-5-11(18)6-4-10/h3-8,14-15H,1H2,2H3,(H2,19,20,22)/t14-,15-/m0/s1. The third-order valence-electron chi connectivity index (χ3n) is 3.79. The molecule has 7 heteroatoms. The van der Waals surface area contributed by atoms with Crippen LogP contribution in [0.1, 0.15) is 11.8 Å². The zero-order chi connectivity index (χ0) is 17.3. The van der Waals surface area contributed by atoms with Crippen molar-refractivity contribution in [1.29, 1.82) is 0 Å². The molecule has 0 bridgehead atoms. The second kappa shape index (κ2) is 6.19. The molecular formula is C17H15FN2O4. The van der Waals surface area contributed by atoms with Crippen LogP contribution in [0.4, 0.5) is 9.18 Å². The third kappa shape index (κ3) is 2.88. The quantitative estimate of drug-likeness (QED) is 0.848. The van der Waals surface area contributed by atoms with Crippen molar-refractivity contribution in [3.63, 3.8) is 0 Å². The van der Waals surface area contributed by atoms with Gasteiger partial charge in [0.1, 0.15) is 29.3 Å². The Morgan fingerprint density at radius 1 is 1.25 bits per heavy atom. The maximum Gasteiger partial charge on any atom is 0.319 e. The summed E-state index contributed by atoms with van der Waals surface area (Å²) in [7, 11) is 1.26. The number of esters is 1. The van der Waals surface area contributed by atoms with Gasteiger partial charge < -0.3 is 19.8 Å². The fourth-order valence-electron chi connectivity index (χ4n) is 2.62. The summed E-state index contributed by atoms with van der Waals surface area (Å²) in [5, 5.41) is 5.10. The zero-order valence-electron chi connectivity index (χ0n) is 12.8. The van der Waals surface area contributed by atoms with E-state index in [4.69, 9.17) is 9.15 Å². The van der Waals surface area contributed by atoms with Crippen LogP contribution in [0.5, 0.6) is 0 Å². The summed E-state index contributed by atoms with van der Waals surface area (Å²) in [5.74, 6) is -0.844. The summed E-state index contributed by atoms with van der Waals surface area (Å²) < 4.78 is 23.6. The first-order valence-corrected chi connectivity index (χ1v) is 7.19. The number of rotatable bonds is 3. The number of carbonyl (C=O) groups is 2. The predicted octanol–water partition coefficient (Wildman–Crippen LogP) is 2.74. The van der Waals surface area contributed by atoms with Crippen LogP contribution in [-0.4, -0.2) is 19.1 Å². The van der Waals surface area contributed by atoms with Gasteiger partial charge in [-0.2, -0.15) is 0 Å². The van der Waals surface area contributed by atoms with Gasteiger partial charge in [-0.1, -0.05) is 6.58 Å². The lowest BCUT2D eigenvalue weighted by molar-refractivity contribution is -0.145. The van der Waals surface area contributed by atoms with Gasteiger partial charge in [0, 0.05) is 11.3 Å². The van der Waals surface area contributed by atoms with Gasteiger partial charge in [-0.25, -0.2) is 9.18 Å². The number of amides is 2. The van der Waals surface area contributed by atoms with Crippen molar-refractivity contribution < 1.29 is 23.1 Å². The number of furan rings is 1. The maximum atomic E-state index is 13.0. The summed E-state index contributed by atoms with van der Waals surface area (Å²) >= 11 is 0. The molecule has 2 atom stereocenters. The molecule has 124 valence electrons. The Morgan fingerprint density at radius 2 is 1.96 bits per heavy atom. The number of carbonyl (C=O) groups excluding carboxylic acids is 2. The van der Waals surface area contributed by atoms with E-state index >= 15 is 0 Å². The minimum absolute atomic E-state index is 0.232. The molecule has 1 fully saturated rings. The van der Waals surface area contributed by atoms with Gasteiger partial charge in [-0.05, 0) is 36.4 Å². The monoisotopic (exact) mass is 330 g/mol. The molecule has 3 rings (SSSR count). The number of methoxy groups -OCH3 is 1. The molecule has 2 aromatic rings. The molecule has 1 aromatic carbocycles. The smallest absolute Gasteiger partial charge is 0.319 e. The predicted molar refractivity (Wildman–Crippen MR) is 83.2 cm³/mol. The third-order valence-corrected chi connectivity index (χ3v) is 3.79. The number of urea groups is 1. The van der Waals surface area contributed by atoms with E-state index in [9.17, 15) is 14.0 Å². The highest BCUT2D eigenvalue weighted by atomic mass is 19.1. The number of ether oxygens (including phenoxy) is 1. The lowest BCUT2D eigenvalue weighted by Crippen LogP contribution is -2.50. The van der Waals surface area contributed by atoms with E-state index in [-0.39, 0.29) is 11.5 Å². The van der Waals surface area contributed by atoms with Crippen LogP contribution >= 0.6 is 0 Å². The van der Waals surface area contributed by atoms with Crippen LogP contribution in [0.15, 0.2) is 53.1 Å². The lowest BCUT2D eigenvalue weighted by atomic mass is 9.93. The van der Waals surface area contributed by atoms with Crippen molar-refractivity contribution in [2.45, 2.75) is 6.04 Å². The Labute approximate surface area is 137 Å². The molecule has 1 aliphatic rings. The molecule has 0 saturated carbocycles. The highest BCUT2D eigenvalue weighted by Crippen LogP contribution is 2.33. The normalized spacial score (nSPS) is 20.2. The van der Waals surface area contributed by atoms with Gasteiger partial charge in [-0.15, -0.1) is 0 Å². The highest BCUT2D eigenvalue weighted by molar-refractivity contribution is 5.85. The average Bonchev–Trinajstić information content (AvgIpc) is 3.04. The molecule has 2 N–H and O–H groups in total. The molecule has 1 aliphatic heterocycles. The Kier molecular flexibility index (Phi) is 4.07. The molecule has 2 heterocycles. The van der Waals surface area contributed by atoms with Crippen molar-refractivity contribution in [2.24, 2.45) is 5.92 Å². The minimum Gasteiger partial charge on any atom is -0.468 e. The van der Waals surface area contributed by atoms with E-state index in [1.54, 1.807) is 24.3 Å². The summed E-state index contributed by atoms with van der Waals surface area (Å²) in [6.45, 7) is 3.71. The van der Waals surface area contributed by atoms with Crippen LogP contribution < -0.4 is 10.6 Å². The second-order valence-electron chi connectivity index (χ2n) is 5.31. The van der Waals surface area contributed by atoms with E-state index in [1.165, 1.54) is 19.2 Å². The van der Waals surface area contributed by atoms with Crippen molar-refractivity contribution in [3.05, 3.63) is 60.3 Å². The van der Waals surface area contributed by atoms with Gasteiger partial charge in [0.2, 0.25) is 0 Å². The summed E-state index contributed by atoms with van der Waals surface area (Å²) in [4.78, 5) is 23.7. The SMILES string of the molecule is C=C1NC(=O)N[C@@H](c2ccc(-c3ccc(F)cc3)o2)[C@H]1C(=O)OC. The Morgan fingerprint density at radius 3 is 2.62 bits per heavy atom. The molecule has 24 heavy (non-hydrogen) atoms. The van der Waals surface area contributed by atoms with Crippen molar-refractivity contribution in [3.8, 4) is 11.3 Å². The van der Waals surface area contributed by atoms with E-state index in [0.717, 1.165) is 0 Å². The summed E-state index contributed by atoms with van der Waals surface area (Å²) in [6, 6.07) is 7.92. The Balaban J connectivity index is 1.94. The van der Waals surface area contributed by atoms with Crippen LogP contribution in [0.3, 0.4) is 0 Å². The second-order valence-corrected chi connectivity index (χ2v) is 5.31. The lowest BCUT2D eigenvalue weighted by Gasteiger charge is -2.31. The molecule has 0 spiro atoms. The number of benzene rings is 1. The van der Waals surface area contributed by atoms with Crippen molar-refractivity contribution in [2.75, 3.05) is 7.11 Å². The number of hydrogen-bond acceptors (Lipinski definition) is 4. The van der Waals surface area contributed by atoms with Crippen molar-refractivity contribution in [1.82, 2.24) is 10.6 Å². The van der Waals surface area contributed by atoms with Crippen LogP contribution in [0, 0.1) is 11.7 Å². The van der Waals surface area contributed by atoms with E-state index in [2.05, 4.69) is 17.2 Å². The Hall–Kier alpha value is -3.09. The topological polar surface area (TPSA) is 80.6 Å². The molecular weight excluding hydrogens is 315 g/mol. The zero-order valence-corrected chi connectivity index (χ0v) is 12.8. The fraction of sp³-hybridized carbons (Fsp3) is 0.176. The van der Waals surface area contributed by atoms with Crippen molar-refractivity contribution >= 4 is 12.0 Å². The first-order chi connectivity index (χ1) is 11.5. The first kappa shape index (κ1) is 15.8. The first-order valence-electron chi connectivity index (χ1n) is 7.19. The highest BCUT2D eigenvalue weighted by Gasteiger charge is 2.40. The molecule has 2 amide bonds. The van der Waals surface area contributed by atoms with Gasteiger partial charge in [0.25, 0.3) is 0 Å². The fourth-order valence-corrected chi connectivity index (χ4v) is 2.62. The van der Waals surface area contributed by atoms with E-state index < -0.39 is 24.0 Å². The van der Waals surface area contributed by atoms with E-state index in [1.807, 2.05) is 0 Å². The van der Waals surface area contributed by atoms with Crippen LogP contribution in [0.2, 0.25) is 0 Å². The summed E-state index contributed by atoms with van der Waals surface area (Å²) in [6.07, 6.45) is 0. The number of hydrogen-bond donors (Lipinski definition) is 2. The Bertz CT molecular complexity index is 797. The molecule has 0 radical (unpaired) electrons. The minimum atomic E-state index is -0.820. The van der Waals surface area contributed by atoms with Gasteiger partial charge in [0.05, 0.1) is 7.11 Å².